The van der Waals surface area contributed by atoms with E-state index in [4.69, 9.17) is 9.90 Å². The molecule has 10 rings (SSSR count). The van der Waals surface area contributed by atoms with Crippen molar-refractivity contribution >= 4 is 65.0 Å². The molecule has 10 aromatic rings. The van der Waals surface area contributed by atoms with E-state index in [1.807, 2.05) is 115 Å². The van der Waals surface area contributed by atoms with Crippen molar-refractivity contribution in [1.29, 1.82) is 0 Å². The largest absolute Gasteiger partial charge is 0.456 e. The Bertz CT molecular complexity index is 3250. The minimum absolute atomic E-state index is 0.171. The van der Waals surface area contributed by atoms with Gasteiger partial charge < -0.3 is 4.42 Å². The molecule has 0 aliphatic rings. The molecule has 9 aromatic carbocycles. The van der Waals surface area contributed by atoms with Gasteiger partial charge >= 0.3 is 0 Å². The Kier molecular flexibility index (Phi) is 4.48. The molecular weight excluding hydrogens is 581 g/mol. The van der Waals surface area contributed by atoms with Crippen LogP contribution in [0.5, 0.6) is 0 Å². The van der Waals surface area contributed by atoms with Crippen LogP contribution in [0.15, 0.2) is 174 Å². The first-order valence-corrected chi connectivity index (χ1v) is 16.0. The summed E-state index contributed by atoms with van der Waals surface area (Å²) >= 11 is 0. The van der Waals surface area contributed by atoms with Gasteiger partial charge in [0.15, 0.2) is 0 Å². The van der Waals surface area contributed by atoms with E-state index >= 15 is 0 Å². The molecule has 0 unspecified atom stereocenters. The van der Waals surface area contributed by atoms with E-state index in [1.165, 1.54) is 0 Å². The van der Waals surface area contributed by atoms with E-state index in [2.05, 4.69) is 6.07 Å². The zero-order valence-electron chi connectivity index (χ0n) is 33.7. The maximum Gasteiger partial charge on any atom is 0.136 e. The monoisotopic (exact) mass is 618 g/mol. The molecule has 1 aromatic heterocycles. The minimum Gasteiger partial charge on any atom is -0.456 e. The zero-order valence-corrected chi connectivity index (χ0v) is 25.7. The summed E-state index contributed by atoms with van der Waals surface area (Å²) < 4.78 is 79.2. The average molecular weight is 619 g/mol. The Morgan fingerprint density at radius 3 is 1.81 bits per heavy atom. The topological polar surface area (TPSA) is 13.1 Å². The summed E-state index contributed by atoms with van der Waals surface area (Å²) in [4.78, 5) is 0. The molecule has 0 spiro atoms. The Balaban J connectivity index is 1.36. The minimum atomic E-state index is -0.417. The lowest BCUT2D eigenvalue weighted by molar-refractivity contribution is 0.669. The Morgan fingerprint density at radius 2 is 1.04 bits per heavy atom. The number of furan rings is 1. The molecule has 0 atom stereocenters. The van der Waals surface area contributed by atoms with Gasteiger partial charge in [-0.05, 0) is 95.0 Å². The van der Waals surface area contributed by atoms with E-state index in [0.29, 0.717) is 16.7 Å². The summed E-state index contributed by atoms with van der Waals surface area (Å²) in [5, 5.41) is 6.51. The summed E-state index contributed by atoms with van der Waals surface area (Å²) in [6.45, 7) is 0. The van der Waals surface area contributed by atoms with Gasteiger partial charge in [-0.1, -0.05) is 158 Å². The van der Waals surface area contributed by atoms with Crippen molar-refractivity contribution in [3.63, 3.8) is 0 Å². The second-order valence-electron chi connectivity index (χ2n) is 12.2. The third kappa shape index (κ3) is 4.11. The summed E-state index contributed by atoms with van der Waals surface area (Å²) in [6.07, 6.45) is 0.171. The molecule has 1 nitrogen and oxygen atoms in total. The lowest BCUT2D eigenvalue weighted by atomic mass is 9.83. The first-order valence-electron chi connectivity index (χ1n) is 20.0. The van der Waals surface area contributed by atoms with Crippen molar-refractivity contribution < 1.29 is 15.4 Å². The summed E-state index contributed by atoms with van der Waals surface area (Å²) in [5.41, 5.74) is 5.61. The third-order valence-corrected chi connectivity index (χ3v) is 9.56. The summed E-state index contributed by atoms with van der Waals surface area (Å²) in [6, 6.07) is 36.8. The molecule has 224 valence electrons. The highest BCUT2D eigenvalue weighted by Gasteiger charge is 2.20. The second-order valence-corrected chi connectivity index (χ2v) is 12.2. The van der Waals surface area contributed by atoms with Crippen LogP contribution in [-0.4, -0.2) is 0 Å². The Morgan fingerprint density at radius 1 is 0.438 bits per heavy atom. The van der Waals surface area contributed by atoms with E-state index in [1.54, 1.807) is 0 Å². The van der Waals surface area contributed by atoms with Crippen LogP contribution >= 0.6 is 0 Å². The first kappa shape index (κ1) is 20.1. The van der Waals surface area contributed by atoms with Gasteiger partial charge in [0.1, 0.15) is 11.2 Å². The molecule has 0 N–H and O–H groups in total. The number of hydrogen-bond donors (Lipinski definition) is 0. The molecule has 0 bridgehead atoms. The summed E-state index contributed by atoms with van der Waals surface area (Å²) in [5.74, 6) is 0. The van der Waals surface area contributed by atoms with Crippen molar-refractivity contribution in [2.75, 3.05) is 0 Å². The van der Waals surface area contributed by atoms with E-state index in [9.17, 15) is 5.48 Å². The zero-order chi connectivity index (χ0) is 38.6. The van der Waals surface area contributed by atoms with Crippen LogP contribution in [0.2, 0.25) is 0 Å². The molecule has 0 amide bonds. The van der Waals surface area contributed by atoms with Gasteiger partial charge in [0.2, 0.25) is 0 Å². The van der Waals surface area contributed by atoms with Gasteiger partial charge in [-0.2, -0.15) is 0 Å². The fourth-order valence-electron chi connectivity index (χ4n) is 7.45. The van der Waals surface area contributed by atoms with Gasteiger partial charge in [0, 0.05) is 10.8 Å². The molecular formula is C47H30O. The highest BCUT2D eigenvalue weighted by molar-refractivity contribution is 6.21. The lowest BCUT2D eigenvalue weighted by Gasteiger charge is -2.20. The fraction of sp³-hybridized carbons (Fsp3) is 0.0213. The SMILES string of the molecule is [2H]c1c([2H])c([2H])c2c(-c3ccc(-c4cccc5oc6ccccc6c45)c4ccccc34)c3c([2H])c([2H])c([2H])c([2H])c3c(Cc3ccc4ccccc4c3)c2c1[2H]. The second kappa shape index (κ2) is 10.7. The van der Waals surface area contributed by atoms with Crippen molar-refractivity contribution in [1.82, 2.24) is 0 Å². The van der Waals surface area contributed by atoms with E-state index in [0.717, 1.165) is 60.2 Å². The number of para-hydroxylation sites is 1. The molecule has 0 saturated carbocycles. The van der Waals surface area contributed by atoms with Crippen LogP contribution in [0.1, 0.15) is 22.1 Å². The maximum atomic E-state index is 9.44. The predicted octanol–water partition coefficient (Wildman–Crippen LogP) is 13.1. The van der Waals surface area contributed by atoms with E-state index < -0.39 is 24.2 Å². The Labute approximate surface area is 289 Å². The van der Waals surface area contributed by atoms with Gasteiger partial charge in [0.05, 0.1) is 11.0 Å². The number of benzene rings is 9. The standard InChI is InChI=1S/C47H30O/c1-2-13-32-28-30(24-25-31(32)12-1)29-43-35-16-5-7-18-38(35)46(39-19-8-6-17-36(39)43)41-27-26-37(33-14-3-4-15-34(33)41)40-21-11-23-45-47(40)42-20-9-10-22-44(42)48-45/h1-28H,29H2/i5D,6D,7D,8D,16D,17D,18D,19D. The van der Waals surface area contributed by atoms with Gasteiger partial charge in [-0.3, -0.25) is 0 Å². The average Bonchev–Trinajstić information content (AvgIpc) is 3.61. The van der Waals surface area contributed by atoms with Crippen LogP contribution in [0.4, 0.5) is 0 Å². The molecule has 0 saturated heterocycles. The molecule has 1 heterocycles. The van der Waals surface area contributed by atoms with Gasteiger partial charge in [0.25, 0.3) is 0 Å². The highest BCUT2D eigenvalue weighted by Crippen LogP contribution is 2.46. The van der Waals surface area contributed by atoms with Crippen molar-refractivity contribution in [3.05, 3.63) is 181 Å². The molecule has 0 fully saturated rings. The molecule has 0 aliphatic carbocycles. The molecule has 48 heavy (non-hydrogen) atoms. The van der Waals surface area contributed by atoms with Crippen LogP contribution < -0.4 is 0 Å². The maximum absolute atomic E-state index is 9.44. The molecule has 0 radical (unpaired) electrons. The van der Waals surface area contributed by atoms with Crippen molar-refractivity contribution in [2.24, 2.45) is 0 Å². The first-order chi connectivity index (χ1) is 27.1. The van der Waals surface area contributed by atoms with Crippen LogP contribution in [0.3, 0.4) is 0 Å². The highest BCUT2D eigenvalue weighted by atomic mass is 16.3. The van der Waals surface area contributed by atoms with Crippen molar-refractivity contribution in [3.8, 4) is 22.3 Å². The smallest absolute Gasteiger partial charge is 0.136 e. The lowest BCUT2D eigenvalue weighted by Crippen LogP contribution is -1.96. The number of fused-ring (bicyclic) bond motifs is 7. The quantitative estimate of drug-likeness (QED) is 0.179. The fourth-order valence-corrected chi connectivity index (χ4v) is 7.45. The van der Waals surface area contributed by atoms with Gasteiger partial charge in [-0.15, -0.1) is 0 Å². The third-order valence-electron chi connectivity index (χ3n) is 9.56. The number of hydrogen-bond acceptors (Lipinski definition) is 1. The Hall–Kier alpha value is -6.18. The van der Waals surface area contributed by atoms with Crippen LogP contribution in [-0.2, 0) is 6.42 Å². The van der Waals surface area contributed by atoms with E-state index in [-0.39, 0.29) is 52.1 Å². The van der Waals surface area contributed by atoms with Crippen LogP contribution in [0, 0.1) is 0 Å². The molecule has 1 heteroatoms. The summed E-state index contributed by atoms with van der Waals surface area (Å²) in [7, 11) is 0. The van der Waals surface area contributed by atoms with Crippen LogP contribution in [0.25, 0.3) is 87.3 Å². The van der Waals surface area contributed by atoms with Crippen molar-refractivity contribution in [2.45, 2.75) is 6.42 Å². The predicted molar refractivity (Wildman–Crippen MR) is 204 cm³/mol. The van der Waals surface area contributed by atoms with Gasteiger partial charge in [-0.25, -0.2) is 0 Å². The number of rotatable bonds is 4. The molecule has 0 aliphatic heterocycles. The normalized spacial score (nSPS) is 14.2.